The molecule has 0 fully saturated rings. The molecule has 0 unspecified atom stereocenters. The second kappa shape index (κ2) is 5.40. The van der Waals surface area contributed by atoms with E-state index in [1.165, 1.54) is 0 Å². The number of aryl methyl sites for hydroxylation is 2. The summed E-state index contributed by atoms with van der Waals surface area (Å²) in [5, 5.41) is 0. The molecule has 0 saturated carbocycles. The summed E-state index contributed by atoms with van der Waals surface area (Å²) in [6.45, 7) is 4.51. The molecule has 0 atom stereocenters. The van der Waals surface area contributed by atoms with Gasteiger partial charge in [0.15, 0.2) is 0 Å². The molecule has 1 aromatic carbocycles. The van der Waals surface area contributed by atoms with E-state index in [1.54, 1.807) is 12.3 Å². The minimum atomic E-state index is 0.422. The van der Waals surface area contributed by atoms with Crippen molar-refractivity contribution in [2.75, 3.05) is 5.73 Å². The first-order chi connectivity index (χ1) is 8.56. The van der Waals surface area contributed by atoms with Crippen molar-refractivity contribution in [3.8, 4) is 5.75 Å². The molecule has 0 radical (unpaired) electrons. The van der Waals surface area contributed by atoms with Gasteiger partial charge in [-0.05, 0) is 49.2 Å². The monoisotopic (exact) mass is 306 g/mol. The lowest BCUT2D eigenvalue weighted by molar-refractivity contribution is 0.301. The van der Waals surface area contributed by atoms with Crippen LogP contribution in [0, 0.1) is 13.8 Å². The van der Waals surface area contributed by atoms with Crippen molar-refractivity contribution in [1.82, 2.24) is 4.98 Å². The van der Waals surface area contributed by atoms with Crippen molar-refractivity contribution in [2.45, 2.75) is 20.5 Å². The molecule has 0 aliphatic carbocycles. The average Bonchev–Trinajstić information content (AvgIpc) is 2.33. The van der Waals surface area contributed by atoms with Crippen LogP contribution in [0.2, 0.25) is 0 Å². The van der Waals surface area contributed by atoms with Crippen LogP contribution < -0.4 is 10.5 Å². The number of nitrogens with zero attached hydrogens (tertiary/aromatic N) is 1. The molecule has 94 valence electrons. The maximum Gasteiger partial charge on any atom is 0.130 e. The first-order valence-corrected chi connectivity index (χ1v) is 6.45. The number of aromatic nitrogens is 1. The lowest BCUT2D eigenvalue weighted by Gasteiger charge is -2.10. The van der Waals surface area contributed by atoms with Crippen LogP contribution in [0.4, 0.5) is 5.69 Å². The summed E-state index contributed by atoms with van der Waals surface area (Å²) in [4.78, 5) is 4.20. The number of halogens is 1. The second-order valence-electron chi connectivity index (χ2n) is 4.24. The van der Waals surface area contributed by atoms with Gasteiger partial charge in [0.1, 0.15) is 12.4 Å². The van der Waals surface area contributed by atoms with Gasteiger partial charge >= 0.3 is 0 Å². The van der Waals surface area contributed by atoms with E-state index in [4.69, 9.17) is 10.5 Å². The fraction of sp³-hybridized carbons (Fsp3) is 0.214. The number of nitrogens with two attached hydrogens (primary N) is 1. The summed E-state index contributed by atoms with van der Waals surface area (Å²) in [5.74, 6) is 0.845. The van der Waals surface area contributed by atoms with E-state index in [2.05, 4.69) is 20.9 Å². The van der Waals surface area contributed by atoms with Gasteiger partial charge in [-0.3, -0.25) is 4.98 Å². The first-order valence-electron chi connectivity index (χ1n) is 5.66. The van der Waals surface area contributed by atoms with Gasteiger partial charge in [0, 0.05) is 16.4 Å². The summed E-state index contributed by atoms with van der Waals surface area (Å²) >= 11 is 3.53. The van der Waals surface area contributed by atoms with E-state index < -0.39 is 0 Å². The largest absolute Gasteiger partial charge is 0.487 e. The minimum Gasteiger partial charge on any atom is -0.487 e. The highest BCUT2D eigenvalue weighted by atomic mass is 79.9. The van der Waals surface area contributed by atoms with Crippen molar-refractivity contribution in [1.29, 1.82) is 0 Å². The summed E-state index contributed by atoms with van der Waals surface area (Å²) in [5.41, 5.74) is 9.54. The van der Waals surface area contributed by atoms with Crippen LogP contribution in [0.3, 0.4) is 0 Å². The van der Waals surface area contributed by atoms with Gasteiger partial charge in [-0.25, -0.2) is 0 Å². The molecule has 2 N–H and O–H groups in total. The fourth-order valence-electron chi connectivity index (χ4n) is 1.72. The van der Waals surface area contributed by atoms with E-state index in [9.17, 15) is 0 Å². The minimum absolute atomic E-state index is 0.422. The summed E-state index contributed by atoms with van der Waals surface area (Å²) in [7, 11) is 0. The van der Waals surface area contributed by atoms with Crippen molar-refractivity contribution in [3.63, 3.8) is 0 Å². The molecule has 0 saturated heterocycles. The Hall–Kier alpha value is -1.55. The van der Waals surface area contributed by atoms with Crippen LogP contribution in [0.1, 0.15) is 16.8 Å². The number of hydrogen-bond donors (Lipinski definition) is 1. The standard InChI is InChI=1S/C14H15BrN2O/c1-9-5-13(6-10(2)14(9)15)18-8-12-7-11(16)3-4-17-12/h3-7H,8H2,1-2H3,(H2,16,17). The van der Waals surface area contributed by atoms with Crippen LogP contribution in [0.25, 0.3) is 0 Å². The Bertz CT molecular complexity index is 546. The predicted octanol–water partition coefficient (Wildman–Crippen LogP) is 3.62. The smallest absolute Gasteiger partial charge is 0.130 e. The SMILES string of the molecule is Cc1cc(OCc2cc(N)ccn2)cc(C)c1Br. The van der Waals surface area contributed by atoms with Crippen molar-refractivity contribution in [3.05, 3.63) is 51.8 Å². The van der Waals surface area contributed by atoms with Gasteiger partial charge in [-0.15, -0.1) is 0 Å². The maximum atomic E-state index is 5.72. The molecule has 1 heterocycles. The van der Waals surface area contributed by atoms with Crippen molar-refractivity contribution >= 4 is 21.6 Å². The van der Waals surface area contributed by atoms with Crippen LogP contribution in [-0.4, -0.2) is 4.98 Å². The molecular weight excluding hydrogens is 292 g/mol. The average molecular weight is 307 g/mol. The topological polar surface area (TPSA) is 48.1 Å². The third-order valence-electron chi connectivity index (χ3n) is 2.64. The molecule has 0 bridgehead atoms. The predicted molar refractivity (Wildman–Crippen MR) is 76.6 cm³/mol. The Kier molecular flexibility index (Phi) is 3.87. The van der Waals surface area contributed by atoms with E-state index >= 15 is 0 Å². The van der Waals surface area contributed by atoms with Crippen LogP contribution >= 0.6 is 15.9 Å². The van der Waals surface area contributed by atoms with Gasteiger partial charge in [0.05, 0.1) is 5.69 Å². The Labute approximate surface area is 115 Å². The fourth-order valence-corrected chi connectivity index (χ4v) is 1.95. The Morgan fingerprint density at radius 2 is 1.89 bits per heavy atom. The van der Waals surface area contributed by atoms with Gasteiger partial charge in [0.2, 0.25) is 0 Å². The van der Waals surface area contributed by atoms with Crippen LogP contribution in [0.5, 0.6) is 5.75 Å². The Morgan fingerprint density at radius 1 is 1.22 bits per heavy atom. The van der Waals surface area contributed by atoms with Gasteiger partial charge < -0.3 is 10.5 Å². The number of rotatable bonds is 3. The number of anilines is 1. The number of pyridine rings is 1. The highest BCUT2D eigenvalue weighted by Crippen LogP contribution is 2.26. The molecular formula is C14H15BrN2O. The van der Waals surface area contributed by atoms with Crippen molar-refractivity contribution < 1.29 is 4.74 Å². The molecule has 18 heavy (non-hydrogen) atoms. The first kappa shape index (κ1) is 12.9. The lowest BCUT2D eigenvalue weighted by Crippen LogP contribution is -2.00. The molecule has 0 aliphatic heterocycles. The molecule has 2 aromatic rings. The van der Waals surface area contributed by atoms with Crippen molar-refractivity contribution in [2.24, 2.45) is 0 Å². The third-order valence-corrected chi connectivity index (χ3v) is 3.89. The maximum absolute atomic E-state index is 5.72. The van der Waals surface area contributed by atoms with E-state index in [1.807, 2.05) is 32.0 Å². The zero-order valence-corrected chi connectivity index (χ0v) is 12.0. The highest BCUT2D eigenvalue weighted by molar-refractivity contribution is 9.10. The highest BCUT2D eigenvalue weighted by Gasteiger charge is 2.04. The molecule has 1 aromatic heterocycles. The molecule has 0 amide bonds. The molecule has 0 spiro atoms. The number of ether oxygens (including phenoxy) is 1. The molecule has 3 nitrogen and oxygen atoms in total. The van der Waals surface area contributed by atoms with E-state index in [0.717, 1.165) is 27.0 Å². The quantitative estimate of drug-likeness (QED) is 0.942. The zero-order chi connectivity index (χ0) is 13.1. The second-order valence-corrected chi connectivity index (χ2v) is 5.03. The Balaban J connectivity index is 2.11. The van der Waals surface area contributed by atoms with Gasteiger partial charge in [0.25, 0.3) is 0 Å². The molecule has 0 aliphatic rings. The number of nitrogen functional groups attached to an aromatic ring is 1. The van der Waals surface area contributed by atoms with Gasteiger partial charge in [-0.2, -0.15) is 0 Å². The number of benzene rings is 1. The van der Waals surface area contributed by atoms with Crippen LogP contribution in [0.15, 0.2) is 34.9 Å². The molecule has 4 heteroatoms. The summed E-state index contributed by atoms with van der Waals surface area (Å²) < 4.78 is 6.85. The number of hydrogen-bond acceptors (Lipinski definition) is 3. The zero-order valence-electron chi connectivity index (χ0n) is 10.4. The summed E-state index contributed by atoms with van der Waals surface area (Å²) in [6, 6.07) is 7.59. The van der Waals surface area contributed by atoms with Gasteiger partial charge in [-0.1, -0.05) is 15.9 Å². The summed E-state index contributed by atoms with van der Waals surface area (Å²) in [6.07, 6.45) is 1.69. The molecule has 2 rings (SSSR count). The third kappa shape index (κ3) is 3.01. The van der Waals surface area contributed by atoms with E-state index in [0.29, 0.717) is 12.3 Å². The lowest BCUT2D eigenvalue weighted by atomic mass is 10.1. The van der Waals surface area contributed by atoms with E-state index in [-0.39, 0.29) is 0 Å². The van der Waals surface area contributed by atoms with Crippen LogP contribution in [-0.2, 0) is 6.61 Å². The Morgan fingerprint density at radius 3 is 2.50 bits per heavy atom. The normalized spacial score (nSPS) is 10.4.